The lowest BCUT2D eigenvalue weighted by atomic mass is 10.1. The third kappa shape index (κ3) is 5.69. The minimum Gasteiger partial charge on any atom is -0.496 e. The summed E-state index contributed by atoms with van der Waals surface area (Å²) in [5.41, 5.74) is 1.91. The van der Waals surface area contributed by atoms with Gasteiger partial charge in [-0.15, -0.1) is 0 Å². The Bertz CT molecular complexity index is 845. The van der Waals surface area contributed by atoms with E-state index < -0.39 is 0 Å². The molecule has 6 heteroatoms. The van der Waals surface area contributed by atoms with E-state index in [1.165, 1.54) is 6.08 Å². The molecule has 2 aromatic rings. The topological polar surface area (TPSA) is 58.6 Å². The van der Waals surface area contributed by atoms with Gasteiger partial charge < -0.3 is 15.0 Å². The van der Waals surface area contributed by atoms with Crippen molar-refractivity contribution in [2.45, 2.75) is 13.8 Å². The van der Waals surface area contributed by atoms with E-state index >= 15 is 0 Å². The number of anilines is 1. The van der Waals surface area contributed by atoms with Crippen molar-refractivity contribution in [1.82, 2.24) is 4.90 Å². The van der Waals surface area contributed by atoms with Gasteiger partial charge in [0.2, 0.25) is 5.91 Å². The Kier molecular flexibility index (Phi) is 7.61. The summed E-state index contributed by atoms with van der Waals surface area (Å²) in [6.07, 6.45) is 3.12. The molecule has 0 aliphatic rings. The second kappa shape index (κ2) is 9.92. The minimum absolute atomic E-state index is 0.0505. The van der Waals surface area contributed by atoms with Gasteiger partial charge in [0.1, 0.15) is 5.75 Å². The molecule has 2 rings (SSSR count). The molecule has 0 aliphatic heterocycles. The molecule has 0 heterocycles. The Labute approximate surface area is 168 Å². The van der Waals surface area contributed by atoms with Crippen molar-refractivity contribution in [1.29, 1.82) is 0 Å². The number of methoxy groups -OCH3 is 1. The standard InChI is InChI=1S/C21H23BrN2O3/c1-4-24(5-2)21(26)16-7-6-8-18(14-16)23-20(25)12-9-15-13-17(22)10-11-19(15)27-3/h6-14H,4-5H2,1-3H3,(H,23,25). The van der Waals surface area contributed by atoms with Crippen molar-refractivity contribution in [3.8, 4) is 5.75 Å². The number of carbonyl (C=O) groups excluding carboxylic acids is 2. The molecule has 0 aliphatic carbocycles. The summed E-state index contributed by atoms with van der Waals surface area (Å²) in [6, 6.07) is 12.5. The zero-order valence-electron chi connectivity index (χ0n) is 15.7. The quantitative estimate of drug-likeness (QED) is 0.653. The number of hydrogen-bond donors (Lipinski definition) is 1. The smallest absolute Gasteiger partial charge is 0.253 e. The molecule has 1 N–H and O–H groups in total. The van der Waals surface area contributed by atoms with Gasteiger partial charge in [0, 0.05) is 40.5 Å². The number of ether oxygens (including phenoxy) is 1. The molecule has 142 valence electrons. The normalized spacial score (nSPS) is 10.7. The molecule has 0 atom stereocenters. The van der Waals surface area contributed by atoms with Crippen LogP contribution >= 0.6 is 15.9 Å². The van der Waals surface area contributed by atoms with Gasteiger partial charge in [-0.05, 0) is 56.3 Å². The zero-order chi connectivity index (χ0) is 19.8. The molecule has 2 amide bonds. The van der Waals surface area contributed by atoms with Crippen LogP contribution in [-0.2, 0) is 4.79 Å². The van der Waals surface area contributed by atoms with Gasteiger partial charge in [-0.1, -0.05) is 22.0 Å². The van der Waals surface area contributed by atoms with Crippen LogP contribution in [0.2, 0.25) is 0 Å². The van der Waals surface area contributed by atoms with Gasteiger partial charge in [0.25, 0.3) is 5.91 Å². The van der Waals surface area contributed by atoms with E-state index in [1.54, 1.807) is 42.4 Å². The average molecular weight is 431 g/mol. The molecule has 0 saturated carbocycles. The fourth-order valence-corrected chi connectivity index (χ4v) is 2.99. The number of nitrogens with zero attached hydrogens (tertiary/aromatic N) is 1. The van der Waals surface area contributed by atoms with Crippen LogP contribution in [0.15, 0.2) is 53.0 Å². The third-order valence-corrected chi connectivity index (χ3v) is 4.53. The molecule has 0 spiro atoms. The summed E-state index contributed by atoms with van der Waals surface area (Å²) in [5, 5.41) is 2.79. The first kappa shape index (κ1) is 20.7. The summed E-state index contributed by atoms with van der Waals surface area (Å²) in [4.78, 5) is 26.4. The minimum atomic E-state index is -0.288. The summed E-state index contributed by atoms with van der Waals surface area (Å²) >= 11 is 3.41. The number of rotatable bonds is 7. The lowest BCUT2D eigenvalue weighted by Gasteiger charge is -2.18. The molecule has 0 radical (unpaired) electrons. The van der Waals surface area contributed by atoms with Crippen molar-refractivity contribution >= 4 is 39.5 Å². The first-order valence-electron chi connectivity index (χ1n) is 8.70. The average Bonchev–Trinajstić information content (AvgIpc) is 2.67. The lowest BCUT2D eigenvalue weighted by molar-refractivity contribution is -0.111. The molecular weight excluding hydrogens is 408 g/mol. The summed E-state index contributed by atoms with van der Waals surface area (Å²) in [7, 11) is 1.58. The monoisotopic (exact) mass is 430 g/mol. The van der Waals surface area contributed by atoms with Crippen LogP contribution in [-0.4, -0.2) is 36.9 Å². The predicted molar refractivity (Wildman–Crippen MR) is 112 cm³/mol. The Morgan fingerprint density at radius 3 is 2.56 bits per heavy atom. The second-order valence-electron chi connectivity index (χ2n) is 5.77. The maximum Gasteiger partial charge on any atom is 0.253 e. The van der Waals surface area contributed by atoms with Gasteiger partial charge in [-0.2, -0.15) is 0 Å². The molecule has 0 saturated heterocycles. The van der Waals surface area contributed by atoms with E-state index in [9.17, 15) is 9.59 Å². The van der Waals surface area contributed by atoms with E-state index in [0.717, 1.165) is 10.0 Å². The predicted octanol–water partition coefficient (Wildman–Crippen LogP) is 4.59. The molecule has 27 heavy (non-hydrogen) atoms. The summed E-state index contributed by atoms with van der Waals surface area (Å²) in [6.45, 7) is 5.16. The maximum atomic E-state index is 12.4. The SMILES string of the molecule is CCN(CC)C(=O)c1cccc(NC(=O)C=Cc2cc(Br)ccc2OC)c1. The molecule has 2 aromatic carbocycles. The van der Waals surface area contributed by atoms with Crippen molar-refractivity contribution in [3.63, 3.8) is 0 Å². The van der Waals surface area contributed by atoms with E-state index in [2.05, 4.69) is 21.2 Å². The first-order valence-corrected chi connectivity index (χ1v) is 9.49. The highest BCUT2D eigenvalue weighted by atomic mass is 79.9. The maximum absolute atomic E-state index is 12.4. The molecule has 0 fully saturated rings. The van der Waals surface area contributed by atoms with Crippen LogP contribution in [0, 0.1) is 0 Å². The van der Waals surface area contributed by atoms with Crippen molar-refractivity contribution in [3.05, 3.63) is 64.1 Å². The summed E-state index contributed by atoms with van der Waals surface area (Å²) < 4.78 is 6.19. The fraction of sp³-hybridized carbons (Fsp3) is 0.238. The van der Waals surface area contributed by atoms with Gasteiger partial charge in [0.15, 0.2) is 0 Å². The number of amides is 2. The van der Waals surface area contributed by atoms with Crippen LogP contribution < -0.4 is 10.1 Å². The largest absolute Gasteiger partial charge is 0.496 e. The van der Waals surface area contributed by atoms with E-state index in [1.807, 2.05) is 32.0 Å². The van der Waals surface area contributed by atoms with Crippen LogP contribution in [0.4, 0.5) is 5.69 Å². The molecular formula is C21H23BrN2O3. The van der Waals surface area contributed by atoms with Crippen LogP contribution in [0.5, 0.6) is 5.75 Å². The van der Waals surface area contributed by atoms with Crippen molar-refractivity contribution in [2.75, 3.05) is 25.5 Å². The number of nitrogens with one attached hydrogen (secondary N) is 1. The fourth-order valence-electron chi connectivity index (χ4n) is 2.61. The van der Waals surface area contributed by atoms with E-state index in [-0.39, 0.29) is 11.8 Å². The Morgan fingerprint density at radius 1 is 1.15 bits per heavy atom. The first-order chi connectivity index (χ1) is 13.0. The van der Waals surface area contributed by atoms with Crippen LogP contribution in [0.1, 0.15) is 29.8 Å². The lowest BCUT2D eigenvalue weighted by Crippen LogP contribution is -2.30. The highest BCUT2D eigenvalue weighted by Gasteiger charge is 2.13. The van der Waals surface area contributed by atoms with Crippen molar-refractivity contribution in [2.24, 2.45) is 0 Å². The van der Waals surface area contributed by atoms with Crippen molar-refractivity contribution < 1.29 is 14.3 Å². The highest BCUT2D eigenvalue weighted by molar-refractivity contribution is 9.10. The molecule has 5 nitrogen and oxygen atoms in total. The Morgan fingerprint density at radius 2 is 1.89 bits per heavy atom. The molecule has 0 unspecified atom stereocenters. The Balaban J connectivity index is 2.11. The van der Waals surface area contributed by atoms with E-state index in [4.69, 9.17) is 4.74 Å². The zero-order valence-corrected chi connectivity index (χ0v) is 17.2. The van der Waals surface area contributed by atoms with Gasteiger partial charge in [0.05, 0.1) is 7.11 Å². The van der Waals surface area contributed by atoms with E-state index in [0.29, 0.717) is 30.1 Å². The number of carbonyl (C=O) groups is 2. The van der Waals surface area contributed by atoms with Crippen LogP contribution in [0.25, 0.3) is 6.08 Å². The number of benzene rings is 2. The van der Waals surface area contributed by atoms with Gasteiger partial charge in [-0.25, -0.2) is 0 Å². The molecule has 0 bridgehead atoms. The summed E-state index contributed by atoms with van der Waals surface area (Å²) in [5.74, 6) is 0.337. The Hall–Kier alpha value is -2.60. The van der Waals surface area contributed by atoms with Gasteiger partial charge in [-0.3, -0.25) is 9.59 Å². The number of halogens is 1. The second-order valence-corrected chi connectivity index (χ2v) is 6.68. The third-order valence-electron chi connectivity index (χ3n) is 4.03. The number of hydrogen-bond acceptors (Lipinski definition) is 3. The highest BCUT2D eigenvalue weighted by Crippen LogP contribution is 2.24. The molecule has 0 aromatic heterocycles. The van der Waals surface area contributed by atoms with Gasteiger partial charge >= 0.3 is 0 Å². The van der Waals surface area contributed by atoms with Crippen LogP contribution in [0.3, 0.4) is 0 Å².